The van der Waals surface area contributed by atoms with Crippen molar-refractivity contribution in [2.75, 3.05) is 7.11 Å². The third-order valence-electron chi connectivity index (χ3n) is 3.43. The van der Waals surface area contributed by atoms with Gasteiger partial charge in [0, 0.05) is 0 Å². The molecule has 1 fully saturated rings. The number of ether oxygens (including phenoxy) is 1. The number of rotatable bonds is 3. The van der Waals surface area contributed by atoms with Crippen molar-refractivity contribution < 1.29 is 14.6 Å². The van der Waals surface area contributed by atoms with Gasteiger partial charge in [0.25, 0.3) is 0 Å². The van der Waals surface area contributed by atoms with Crippen molar-refractivity contribution in [2.24, 2.45) is 17.8 Å². The predicted molar refractivity (Wildman–Crippen MR) is 51.5 cm³/mol. The largest absolute Gasteiger partial charge is 0.469 e. The number of fused-ring (bicyclic) bond motifs is 2. The molecule has 3 heteroatoms. The molecule has 0 aliphatic heterocycles. The van der Waals surface area contributed by atoms with Crippen LogP contribution in [0.1, 0.15) is 19.3 Å². The Labute approximate surface area is 83.8 Å². The average molecular weight is 196 g/mol. The maximum absolute atomic E-state index is 11.0. The Morgan fingerprint density at radius 2 is 2.36 bits per heavy atom. The normalized spacial score (nSPS) is 36.0. The van der Waals surface area contributed by atoms with Crippen molar-refractivity contribution in [1.82, 2.24) is 0 Å². The molecular weight excluding hydrogens is 180 g/mol. The van der Waals surface area contributed by atoms with Gasteiger partial charge in [0.15, 0.2) is 0 Å². The van der Waals surface area contributed by atoms with Gasteiger partial charge in [-0.15, -0.1) is 0 Å². The molecule has 2 aliphatic rings. The van der Waals surface area contributed by atoms with Crippen LogP contribution in [0.3, 0.4) is 0 Å². The summed E-state index contributed by atoms with van der Waals surface area (Å²) in [6, 6.07) is 0. The number of aliphatic hydroxyl groups excluding tert-OH is 1. The van der Waals surface area contributed by atoms with Gasteiger partial charge in [-0.25, -0.2) is 0 Å². The highest BCUT2D eigenvalue weighted by atomic mass is 16.5. The van der Waals surface area contributed by atoms with Crippen LogP contribution in [-0.4, -0.2) is 24.3 Å². The summed E-state index contributed by atoms with van der Waals surface area (Å²) < 4.78 is 4.54. The fourth-order valence-electron chi connectivity index (χ4n) is 2.67. The maximum Gasteiger partial charge on any atom is 0.308 e. The number of methoxy groups -OCH3 is 1. The predicted octanol–water partition coefficient (Wildman–Crippen LogP) is 1.12. The van der Waals surface area contributed by atoms with Crippen LogP contribution in [0.4, 0.5) is 0 Å². The van der Waals surface area contributed by atoms with Crippen LogP contribution in [0.25, 0.3) is 0 Å². The van der Waals surface area contributed by atoms with E-state index in [1.807, 2.05) is 0 Å². The van der Waals surface area contributed by atoms with Gasteiger partial charge in [0.1, 0.15) is 0 Å². The molecule has 3 nitrogen and oxygen atoms in total. The third-order valence-corrected chi connectivity index (χ3v) is 3.43. The highest BCUT2D eigenvalue weighted by Gasteiger charge is 2.39. The first-order valence-corrected chi connectivity index (χ1v) is 5.14. The van der Waals surface area contributed by atoms with E-state index in [9.17, 15) is 9.90 Å². The average Bonchev–Trinajstić information content (AvgIpc) is 2.78. The SMILES string of the molecule is COC(=O)CC(O)C1CC2C=CC1C2. The first-order chi connectivity index (χ1) is 6.70. The summed E-state index contributed by atoms with van der Waals surface area (Å²) in [7, 11) is 1.36. The second kappa shape index (κ2) is 3.73. The summed E-state index contributed by atoms with van der Waals surface area (Å²) in [5, 5.41) is 9.84. The van der Waals surface area contributed by atoms with E-state index in [0.717, 1.165) is 12.8 Å². The number of carbonyl (C=O) groups is 1. The zero-order valence-corrected chi connectivity index (χ0v) is 8.35. The Balaban J connectivity index is 1.90. The monoisotopic (exact) mass is 196 g/mol. The highest BCUT2D eigenvalue weighted by Crippen LogP contribution is 2.45. The molecule has 1 N–H and O–H groups in total. The second-order valence-corrected chi connectivity index (χ2v) is 4.29. The minimum Gasteiger partial charge on any atom is -0.469 e. The molecule has 0 aromatic rings. The molecule has 0 amide bonds. The second-order valence-electron chi connectivity index (χ2n) is 4.29. The van der Waals surface area contributed by atoms with Crippen molar-refractivity contribution >= 4 is 5.97 Å². The molecule has 2 aliphatic carbocycles. The van der Waals surface area contributed by atoms with Gasteiger partial charge in [-0.1, -0.05) is 12.2 Å². The summed E-state index contributed by atoms with van der Waals surface area (Å²) >= 11 is 0. The summed E-state index contributed by atoms with van der Waals surface area (Å²) in [5.41, 5.74) is 0. The van der Waals surface area contributed by atoms with Crippen molar-refractivity contribution in [3.05, 3.63) is 12.2 Å². The molecule has 0 spiro atoms. The van der Waals surface area contributed by atoms with Gasteiger partial charge < -0.3 is 9.84 Å². The molecular formula is C11H16O3. The minimum atomic E-state index is -0.526. The van der Waals surface area contributed by atoms with Gasteiger partial charge in [-0.3, -0.25) is 4.79 Å². The smallest absolute Gasteiger partial charge is 0.308 e. The van der Waals surface area contributed by atoms with E-state index in [2.05, 4.69) is 16.9 Å². The number of carbonyl (C=O) groups excluding carboxylic acids is 1. The molecule has 0 saturated heterocycles. The van der Waals surface area contributed by atoms with Gasteiger partial charge in [0.05, 0.1) is 19.6 Å². The molecule has 4 unspecified atom stereocenters. The third kappa shape index (κ3) is 1.69. The van der Waals surface area contributed by atoms with E-state index in [0.29, 0.717) is 11.8 Å². The van der Waals surface area contributed by atoms with Crippen LogP contribution in [-0.2, 0) is 9.53 Å². The number of allylic oxidation sites excluding steroid dienone is 2. The molecule has 0 radical (unpaired) electrons. The molecule has 1 saturated carbocycles. The number of hydrogen-bond donors (Lipinski definition) is 1. The van der Waals surface area contributed by atoms with Crippen molar-refractivity contribution in [2.45, 2.75) is 25.4 Å². The zero-order chi connectivity index (χ0) is 10.1. The molecule has 2 bridgehead atoms. The first-order valence-electron chi connectivity index (χ1n) is 5.14. The Kier molecular flexibility index (Phi) is 2.59. The first kappa shape index (κ1) is 9.71. The van der Waals surface area contributed by atoms with E-state index in [4.69, 9.17) is 0 Å². The summed E-state index contributed by atoms with van der Waals surface area (Å²) in [6.45, 7) is 0. The van der Waals surface area contributed by atoms with Gasteiger partial charge in [-0.2, -0.15) is 0 Å². The van der Waals surface area contributed by atoms with E-state index < -0.39 is 6.10 Å². The summed E-state index contributed by atoms with van der Waals surface area (Å²) in [4.78, 5) is 11.0. The molecule has 0 aromatic heterocycles. The summed E-state index contributed by atoms with van der Waals surface area (Å²) in [5.74, 6) is 1.07. The quantitative estimate of drug-likeness (QED) is 0.543. The zero-order valence-electron chi connectivity index (χ0n) is 8.35. The summed E-state index contributed by atoms with van der Waals surface area (Å²) in [6.07, 6.45) is 6.20. The maximum atomic E-state index is 11.0. The molecule has 4 atom stereocenters. The van der Waals surface area contributed by atoms with Crippen LogP contribution < -0.4 is 0 Å². The van der Waals surface area contributed by atoms with Crippen LogP contribution in [0.15, 0.2) is 12.2 Å². The van der Waals surface area contributed by atoms with Crippen LogP contribution in [0.5, 0.6) is 0 Å². The molecule has 14 heavy (non-hydrogen) atoms. The standard InChI is InChI=1S/C11H16O3/c1-14-11(13)6-10(12)9-5-7-2-3-8(9)4-7/h2-3,7-10,12H,4-6H2,1H3. The lowest BCUT2D eigenvalue weighted by Crippen LogP contribution is -2.27. The highest BCUT2D eigenvalue weighted by molar-refractivity contribution is 5.69. The number of hydrogen-bond acceptors (Lipinski definition) is 3. The minimum absolute atomic E-state index is 0.137. The van der Waals surface area contributed by atoms with Crippen LogP contribution in [0.2, 0.25) is 0 Å². The Hall–Kier alpha value is -0.830. The van der Waals surface area contributed by atoms with Crippen LogP contribution >= 0.6 is 0 Å². The topological polar surface area (TPSA) is 46.5 Å². The van der Waals surface area contributed by atoms with Crippen molar-refractivity contribution in [1.29, 1.82) is 0 Å². The van der Waals surface area contributed by atoms with Gasteiger partial charge >= 0.3 is 5.97 Å². The fraction of sp³-hybridized carbons (Fsp3) is 0.727. The van der Waals surface area contributed by atoms with Crippen molar-refractivity contribution in [3.63, 3.8) is 0 Å². The molecule has 2 rings (SSSR count). The lowest BCUT2D eigenvalue weighted by molar-refractivity contribution is -0.143. The molecule has 78 valence electrons. The fourth-order valence-corrected chi connectivity index (χ4v) is 2.67. The van der Waals surface area contributed by atoms with Crippen molar-refractivity contribution in [3.8, 4) is 0 Å². The van der Waals surface area contributed by atoms with Gasteiger partial charge in [0.2, 0.25) is 0 Å². The Morgan fingerprint density at radius 3 is 2.86 bits per heavy atom. The Bertz CT molecular complexity index is 259. The number of esters is 1. The van der Waals surface area contributed by atoms with E-state index >= 15 is 0 Å². The molecule has 0 aromatic carbocycles. The Morgan fingerprint density at radius 1 is 1.57 bits per heavy atom. The van der Waals surface area contributed by atoms with E-state index in [1.165, 1.54) is 7.11 Å². The molecule has 0 heterocycles. The van der Waals surface area contributed by atoms with Crippen LogP contribution in [0, 0.1) is 17.8 Å². The van der Waals surface area contributed by atoms with E-state index in [-0.39, 0.29) is 18.3 Å². The number of aliphatic hydroxyl groups is 1. The van der Waals surface area contributed by atoms with Gasteiger partial charge in [-0.05, 0) is 30.6 Å². The lowest BCUT2D eigenvalue weighted by Gasteiger charge is -2.23. The van der Waals surface area contributed by atoms with E-state index in [1.54, 1.807) is 0 Å². The lowest BCUT2D eigenvalue weighted by atomic mass is 9.87.